The Kier molecular flexibility index (Phi) is 3.35. The molecule has 0 aromatic carbocycles. The van der Waals surface area contributed by atoms with Crippen molar-refractivity contribution in [3.63, 3.8) is 0 Å². The molecule has 4 nitrogen and oxygen atoms in total. The number of carbonyl (C=O) groups is 2. The molecule has 4 heteroatoms. The Balaban J connectivity index is 1.81. The zero-order valence-electron chi connectivity index (χ0n) is 12.2. The standard InChI is InChI=1S/C16H23NO3/c1-9(2)8-17(12-5-6-12)15(18)13-10-3-4-11(7-10)14(13)16(19)20/h3-4,9-14H,5-8H2,1-2H3,(H,19,20)/t10?,11?,13-,14+/m0/s1. The highest BCUT2D eigenvalue weighted by Gasteiger charge is 2.53. The van der Waals surface area contributed by atoms with Gasteiger partial charge in [0.15, 0.2) is 0 Å². The molecule has 1 amide bonds. The SMILES string of the molecule is CC(C)CN(C(=O)[C@H]1C2C=CC(C2)[C@H]1C(=O)O)C1CC1. The lowest BCUT2D eigenvalue weighted by Crippen LogP contribution is -2.45. The summed E-state index contributed by atoms with van der Waals surface area (Å²) in [6, 6.07) is 0.363. The van der Waals surface area contributed by atoms with E-state index in [1.54, 1.807) is 0 Å². The average Bonchev–Trinajstić information content (AvgIpc) is 3.01. The lowest BCUT2D eigenvalue weighted by molar-refractivity contribution is -0.151. The second kappa shape index (κ2) is 4.90. The fraction of sp³-hybridized carbons (Fsp3) is 0.750. The van der Waals surface area contributed by atoms with E-state index in [0.717, 1.165) is 25.8 Å². The molecule has 0 aromatic heterocycles. The minimum absolute atomic E-state index is 0.0616. The second-order valence-electron chi connectivity index (χ2n) is 6.95. The molecule has 3 aliphatic carbocycles. The predicted octanol–water partition coefficient (Wildman–Crippen LogP) is 2.16. The van der Waals surface area contributed by atoms with E-state index in [1.807, 2.05) is 11.0 Å². The molecule has 3 aliphatic rings. The van der Waals surface area contributed by atoms with Crippen molar-refractivity contribution in [1.82, 2.24) is 4.90 Å². The molecular formula is C16H23NO3. The van der Waals surface area contributed by atoms with E-state index in [0.29, 0.717) is 12.0 Å². The molecule has 3 rings (SSSR count). The van der Waals surface area contributed by atoms with Crippen LogP contribution in [0.2, 0.25) is 0 Å². The van der Waals surface area contributed by atoms with Gasteiger partial charge in [0.2, 0.25) is 5.91 Å². The van der Waals surface area contributed by atoms with Crippen LogP contribution in [0.5, 0.6) is 0 Å². The Labute approximate surface area is 119 Å². The van der Waals surface area contributed by atoms with Crippen LogP contribution in [0.4, 0.5) is 0 Å². The van der Waals surface area contributed by atoms with Gasteiger partial charge in [0.05, 0.1) is 11.8 Å². The molecule has 2 bridgehead atoms. The van der Waals surface area contributed by atoms with Crippen LogP contribution in [0.3, 0.4) is 0 Å². The number of rotatable bonds is 5. The molecule has 0 spiro atoms. The summed E-state index contributed by atoms with van der Waals surface area (Å²) in [5.41, 5.74) is 0. The van der Waals surface area contributed by atoms with E-state index >= 15 is 0 Å². The van der Waals surface area contributed by atoms with Crippen molar-refractivity contribution in [1.29, 1.82) is 0 Å². The fourth-order valence-corrected chi connectivity index (χ4v) is 3.89. The summed E-state index contributed by atoms with van der Waals surface area (Å²) >= 11 is 0. The zero-order valence-corrected chi connectivity index (χ0v) is 12.2. The monoisotopic (exact) mass is 277 g/mol. The van der Waals surface area contributed by atoms with Crippen LogP contribution in [0, 0.1) is 29.6 Å². The maximum absolute atomic E-state index is 12.9. The number of carboxylic acid groups (broad SMARTS) is 1. The molecule has 0 saturated heterocycles. The van der Waals surface area contributed by atoms with Gasteiger partial charge in [-0.1, -0.05) is 26.0 Å². The van der Waals surface area contributed by atoms with E-state index < -0.39 is 11.9 Å². The topological polar surface area (TPSA) is 57.6 Å². The molecule has 2 unspecified atom stereocenters. The van der Waals surface area contributed by atoms with Crippen LogP contribution in [0.15, 0.2) is 12.2 Å². The van der Waals surface area contributed by atoms with Gasteiger partial charge < -0.3 is 10.0 Å². The maximum atomic E-state index is 12.9. The summed E-state index contributed by atoms with van der Waals surface area (Å²) in [4.78, 5) is 26.4. The molecule has 1 N–H and O–H groups in total. The molecule has 0 radical (unpaired) electrons. The van der Waals surface area contributed by atoms with E-state index in [-0.39, 0.29) is 23.7 Å². The minimum atomic E-state index is -0.805. The first kappa shape index (κ1) is 13.7. The van der Waals surface area contributed by atoms with Crippen molar-refractivity contribution in [2.45, 2.75) is 39.2 Å². The van der Waals surface area contributed by atoms with Crippen LogP contribution in [-0.4, -0.2) is 34.5 Å². The van der Waals surface area contributed by atoms with Gasteiger partial charge in [-0.25, -0.2) is 0 Å². The third kappa shape index (κ3) is 2.25. The zero-order chi connectivity index (χ0) is 14.4. The number of hydrogen-bond donors (Lipinski definition) is 1. The van der Waals surface area contributed by atoms with Crippen molar-refractivity contribution >= 4 is 11.9 Å². The number of hydrogen-bond acceptors (Lipinski definition) is 2. The molecular weight excluding hydrogens is 254 g/mol. The van der Waals surface area contributed by atoms with Crippen LogP contribution < -0.4 is 0 Å². The molecule has 0 aromatic rings. The van der Waals surface area contributed by atoms with Gasteiger partial charge >= 0.3 is 5.97 Å². The Morgan fingerprint density at radius 3 is 2.30 bits per heavy atom. The Morgan fingerprint density at radius 2 is 1.80 bits per heavy atom. The summed E-state index contributed by atoms with van der Waals surface area (Å²) in [5.74, 6) is -0.927. The summed E-state index contributed by atoms with van der Waals surface area (Å²) < 4.78 is 0. The predicted molar refractivity (Wildman–Crippen MR) is 74.9 cm³/mol. The largest absolute Gasteiger partial charge is 0.481 e. The first-order chi connectivity index (χ1) is 9.49. The Bertz CT molecular complexity index is 453. The quantitative estimate of drug-likeness (QED) is 0.783. The molecule has 2 saturated carbocycles. The molecule has 0 heterocycles. The summed E-state index contributed by atoms with van der Waals surface area (Å²) in [7, 11) is 0. The Morgan fingerprint density at radius 1 is 1.20 bits per heavy atom. The number of carboxylic acids is 1. The number of nitrogens with zero attached hydrogens (tertiary/aromatic N) is 1. The normalized spacial score (nSPS) is 34.8. The first-order valence-electron chi connectivity index (χ1n) is 7.70. The van der Waals surface area contributed by atoms with Crippen LogP contribution in [0.1, 0.15) is 33.1 Å². The highest BCUT2D eigenvalue weighted by atomic mass is 16.4. The summed E-state index contributed by atoms with van der Waals surface area (Å²) in [6.45, 7) is 4.98. The van der Waals surface area contributed by atoms with Crippen molar-refractivity contribution in [3.05, 3.63) is 12.2 Å². The van der Waals surface area contributed by atoms with E-state index in [1.165, 1.54) is 0 Å². The van der Waals surface area contributed by atoms with E-state index in [9.17, 15) is 14.7 Å². The van der Waals surface area contributed by atoms with Crippen molar-refractivity contribution in [2.75, 3.05) is 6.54 Å². The van der Waals surface area contributed by atoms with Crippen LogP contribution in [-0.2, 0) is 9.59 Å². The lowest BCUT2D eigenvalue weighted by Gasteiger charge is -2.32. The average molecular weight is 277 g/mol. The molecule has 4 atom stereocenters. The number of amides is 1. The highest BCUT2D eigenvalue weighted by molar-refractivity contribution is 5.87. The lowest BCUT2D eigenvalue weighted by atomic mass is 9.82. The molecule has 2 fully saturated rings. The summed E-state index contributed by atoms with van der Waals surface area (Å²) in [6.07, 6.45) is 7.05. The molecule has 110 valence electrons. The Hall–Kier alpha value is -1.32. The van der Waals surface area contributed by atoms with Gasteiger partial charge in [0.1, 0.15) is 0 Å². The van der Waals surface area contributed by atoms with Gasteiger partial charge in [0.25, 0.3) is 0 Å². The fourth-order valence-electron chi connectivity index (χ4n) is 3.89. The van der Waals surface area contributed by atoms with Crippen molar-refractivity contribution < 1.29 is 14.7 Å². The van der Waals surface area contributed by atoms with Gasteiger partial charge in [-0.3, -0.25) is 9.59 Å². The highest BCUT2D eigenvalue weighted by Crippen LogP contribution is 2.49. The van der Waals surface area contributed by atoms with Crippen molar-refractivity contribution in [3.8, 4) is 0 Å². The first-order valence-corrected chi connectivity index (χ1v) is 7.70. The third-order valence-corrected chi connectivity index (χ3v) is 4.86. The van der Waals surface area contributed by atoms with Gasteiger partial charge in [-0.2, -0.15) is 0 Å². The number of carbonyl (C=O) groups excluding carboxylic acids is 1. The second-order valence-corrected chi connectivity index (χ2v) is 6.95. The van der Waals surface area contributed by atoms with Crippen molar-refractivity contribution in [2.24, 2.45) is 29.6 Å². The number of fused-ring (bicyclic) bond motifs is 2. The van der Waals surface area contributed by atoms with Gasteiger partial charge in [-0.05, 0) is 37.0 Å². The van der Waals surface area contributed by atoms with E-state index in [2.05, 4.69) is 19.9 Å². The van der Waals surface area contributed by atoms with Gasteiger partial charge in [-0.15, -0.1) is 0 Å². The number of aliphatic carboxylic acids is 1. The minimum Gasteiger partial charge on any atom is -0.481 e. The van der Waals surface area contributed by atoms with E-state index in [4.69, 9.17) is 0 Å². The smallest absolute Gasteiger partial charge is 0.307 e. The third-order valence-electron chi connectivity index (χ3n) is 4.86. The summed E-state index contributed by atoms with van der Waals surface area (Å²) in [5, 5.41) is 9.47. The van der Waals surface area contributed by atoms with Gasteiger partial charge in [0, 0.05) is 12.6 Å². The number of allylic oxidation sites excluding steroid dienone is 2. The maximum Gasteiger partial charge on any atom is 0.307 e. The molecule has 0 aliphatic heterocycles. The van der Waals surface area contributed by atoms with Crippen LogP contribution in [0.25, 0.3) is 0 Å². The molecule has 20 heavy (non-hydrogen) atoms. The van der Waals surface area contributed by atoms with Crippen LogP contribution >= 0.6 is 0 Å².